The summed E-state index contributed by atoms with van der Waals surface area (Å²) < 4.78 is 28.6. The van der Waals surface area contributed by atoms with E-state index in [4.69, 9.17) is 14.2 Å². The highest BCUT2D eigenvalue weighted by Crippen LogP contribution is 2.27. The molecule has 20 heavy (non-hydrogen) atoms. The number of methoxy groups -OCH3 is 1. The minimum atomic E-state index is -1.41. The Bertz CT molecular complexity index is 538. The zero-order valence-electron chi connectivity index (χ0n) is 11.2. The number of hydrogen-bond donors (Lipinski definition) is 1. The largest absolute Gasteiger partial charge is 0.494 e. The zero-order chi connectivity index (χ0) is 14.9. The molecule has 0 saturated carbocycles. The number of cyclic esters (lactones) is 2. The lowest BCUT2D eigenvalue weighted by Gasteiger charge is -2.33. The van der Waals surface area contributed by atoms with E-state index in [-0.39, 0.29) is 11.4 Å². The normalized spacial score (nSPS) is 18.2. The molecule has 1 aliphatic rings. The van der Waals surface area contributed by atoms with Crippen molar-refractivity contribution in [3.8, 4) is 5.75 Å². The molecule has 0 bridgehead atoms. The fraction of sp³-hybridized carbons (Fsp3) is 0.385. The monoisotopic (exact) mass is 283 g/mol. The van der Waals surface area contributed by atoms with Gasteiger partial charge in [-0.05, 0) is 12.1 Å². The molecule has 108 valence electrons. The van der Waals surface area contributed by atoms with Crippen LogP contribution >= 0.6 is 0 Å². The minimum absolute atomic E-state index is 0.00660. The molecule has 0 aliphatic carbocycles. The molecular weight excluding hydrogens is 269 g/mol. The fourth-order valence-electron chi connectivity index (χ4n) is 1.77. The number of anilines is 1. The minimum Gasteiger partial charge on any atom is -0.494 e. The number of nitrogens with one attached hydrogen (secondary N) is 1. The maximum absolute atomic E-state index is 13.9. The van der Waals surface area contributed by atoms with E-state index in [2.05, 4.69) is 5.32 Å². The number of rotatable bonds is 3. The Kier molecular flexibility index (Phi) is 3.52. The van der Waals surface area contributed by atoms with Gasteiger partial charge in [-0.15, -0.1) is 0 Å². The van der Waals surface area contributed by atoms with E-state index >= 15 is 0 Å². The molecule has 0 radical (unpaired) electrons. The van der Waals surface area contributed by atoms with Crippen molar-refractivity contribution in [1.82, 2.24) is 0 Å². The second-order valence-electron chi connectivity index (χ2n) is 4.64. The van der Waals surface area contributed by atoms with Gasteiger partial charge in [0.15, 0.2) is 11.6 Å². The van der Waals surface area contributed by atoms with Gasteiger partial charge in [0, 0.05) is 13.8 Å². The predicted octanol–water partition coefficient (Wildman–Crippen LogP) is 1.45. The van der Waals surface area contributed by atoms with Gasteiger partial charge in [-0.25, -0.2) is 14.0 Å². The molecule has 7 heteroatoms. The number of ether oxygens (including phenoxy) is 3. The second kappa shape index (κ2) is 4.99. The lowest BCUT2D eigenvalue weighted by Crippen LogP contribution is -2.52. The molecule has 1 N–H and O–H groups in total. The smallest absolute Gasteiger partial charge is 0.343 e. The van der Waals surface area contributed by atoms with Crippen LogP contribution in [0.5, 0.6) is 5.75 Å². The van der Waals surface area contributed by atoms with Crippen molar-refractivity contribution in [2.24, 2.45) is 0 Å². The van der Waals surface area contributed by atoms with E-state index in [1.165, 1.54) is 39.2 Å². The summed E-state index contributed by atoms with van der Waals surface area (Å²) in [6.07, 6.45) is 0. The lowest BCUT2D eigenvalue weighted by molar-refractivity contribution is -0.232. The molecule has 1 fully saturated rings. The third-order valence-corrected chi connectivity index (χ3v) is 2.65. The quantitative estimate of drug-likeness (QED) is 0.668. The summed E-state index contributed by atoms with van der Waals surface area (Å²) in [5, 5.41) is 2.46. The van der Waals surface area contributed by atoms with Crippen molar-refractivity contribution in [2.45, 2.75) is 25.7 Å². The summed E-state index contributed by atoms with van der Waals surface area (Å²) in [7, 11) is 1.31. The Morgan fingerprint density at radius 2 is 1.85 bits per heavy atom. The van der Waals surface area contributed by atoms with E-state index < -0.39 is 29.6 Å². The molecule has 1 saturated heterocycles. The first-order chi connectivity index (χ1) is 9.34. The van der Waals surface area contributed by atoms with Crippen LogP contribution in [-0.4, -0.2) is 30.9 Å². The topological polar surface area (TPSA) is 73.9 Å². The standard InChI is InChI=1S/C13H14FNO5/c1-13(2)19-11(16)10(12(17)20-13)15-7-5-4-6-8(18-3)9(7)14/h4-6,10,15H,1-3H3. The lowest BCUT2D eigenvalue weighted by atomic mass is 10.2. The first-order valence-electron chi connectivity index (χ1n) is 5.89. The van der Waals surface area contributed by atoms with Crippen LogP contribution in [0, 0.1) is 5.82 Å². The molecule has 1 aliphatic heterocycles. The Balaban J connectivity index is 2.22. The van der Waals surface area contributed by atoms with Crippen molar-refractivity contribution in [2.75, 3.05) is 12.4 Å². The van der Waals surface area contributed by atoms with E-state index in [0.29, 0.717) is 0 Å². The van der Waals surface area contributed by atoms with Gasteiger partial charge in [0.2, 0.25) is 6.04 Å². The Hall–Kier alpha value is -2.31. The van der Waals surface area contributed by atoms with Crippen LogP contribution in [0.1, 0.15) is 13.8 Å². The molecule has 0 aromatic heterocycles. The van der Waals surface area contributed by atoms with Gasteiger partial charge >= 0.3 is 11.9 Å². The zero-order valence-corrected chi connectivity index (χ0v) is 11.2. The third kappa shape index (κ3) is 2.66. The summed E-state index contributed by atoms with van der Waals surface area (Å²) in [6.45, 7) is 2.87. The first-order valence-corrected chi connectivity index (χ1v) is 5.89. The van der Waals surface area contributed by atoms with Gasteiger partial charge in [-0.3, -0.25) is 0 Å². The highest BCUT2D eigenvalue weighted by atomic mass is 19.1. The number of esters is 2. The third-order valence-electron chi connectivity index (χ3n) is 2.65. The summed E-state index contributed by atoms with van der Waals surface area (Å²) in [4.78, 5) is 23.5. The van der Waals surface area contributed by atoms with E-state index in [1.807, 2.05) is 0 Å². The molecule has 6 nitrogen and oxygen atoms in total. The van der Waals surface area contributed by atoms with Crippen molar-refractivity contribution < 1.29 is 28.2 Å². The van der Waals surface area contributed by atoms with Crippen LogP contribution in [0.25, 0.3) is 0 Å². The van der Waals surface area contributed by atoms with Crippen molar-refractivity contribution in [3.05, 3.63) is 24.0 Å². The Morgan fingerprint density at radius 3 is 2.40 bits per heavy atom. The van der Waals surface area contributed by atoms with E-state index in [0.717, 1.165) is 0 Å². The SMILES string of the molecule is COc1cccc(NC2C(=O)OC(C)(C)OC2=O)c1F. The summed E-state index contributed by atoms with van der Waals surface area (Å²) in [6, 6.07) is 2.90. The molecule has 1 heterocycles. The molecule has 0 atom stereocenters. The number of benzene rings is 1. The number of carbonyl (C=O) groups excluding carboxylic acids is 2. The number of hydrogen-bond acceptors (Lipinski definition) is 6. The molecule has 1 aromatic rings. The number of halogens is 1. The van der Waals surface area contributed by atoms with Crippen molar-refractivity contribution in [3.63, 3.8) is 0 Å². The van der Waals surface area contributed by atoms with Crippen LogP contribution < -0.4 is 10.1 Å². The van der Waals surface area contributed by atoms with Gasteiger partial charge in [-0.2, -0.15) is 0 Å². The van der Waals surface area contributed by atoms with Crippen LogP contribution in [0.3, 0.4) is 0 Å². The maximum Gasteiger partial charge on any atom is 0.343 e. The second-order valence-corrected chi connectivity index (χ2v) is 4.64. The molecule has 1 aromatic carbocycles. The van der Waals surface area contributed by atoms with Crippen LogP contribution in [0.2, 0.25) is 0 Å². The Labute approximate surface area is 114 Å². The molecule has 0 spiro atoms. The molecule has 2 rings (SSSR count). The van der Waals surface area contributed by atoms with E-state index in [9.17, 15) is 14.0 Å². The number of carbonyl (C=O) groups is 2. The maximum atomic E-state index is 13.9. The highest BCUT2D eigenvalue weighted by molar-refractivity contribution is 6.03. The fourth-order valence-corrected chi connectivity index (χ4v) is 1.77. The summed E-state index contributed by atoms with van der Waals surface area (Å²) in [5.74, 6) is -3.69. The summed E-state index contributed by atoms with van der Waals surface area (Å²) in [5.41, 5.74) is -0.0528. The van der Waals surface area contributed by atoms with Crippen LogP contribution in [0.15, 0.2) is 18.2 Å². The van der Waals surface area contributed by atoms with Gasteiger partial charge in [-0.1, -0.05) is 6.07 Å². The first kappa shape index (κ1) is 14.1. The van der Waals surface area contributed by atoms with Crippen molar-refractivity contribution in [1.29, 1.82) is 0 Å². The van der Waals surface area contributed by atoms with E-state index in [1.54, 1.807) is 0 Å². The Morgan fingerprint density at radius 1 is 1.25 bits per heavy atom. The molecular formula is C13H14FNO5. The van der Waals surface area contributed by atoms with Gasteiger partial charge in [0.05, 0.1) is 12.8 Å². The van der Waals surface area contributed by atoms with Crippen LogP contribution in [-0.2, 0) is 19.1 Å². The van der Waals surface area contributed by atoms with Crippen LogP contribution in [0.4, 0.5) is 10.1 Å². The predicted molar refractivity (Wildman–Crippen MR) is 66.6 cm³/mol. The van der Waals surface area contributed by atoms with Gasteiger partial charge in [0.1, 0.15) is 0 Å². The van der Waals surface area contributed by atoms with Gasteiger partial charge < -0.3 is 19.5 Å². The molecule has 0 amide bonds. The summed E-state index contributed by atoms with van der Waals surface area (Å²) >= 11 is 0. The average molecular weight is 283 g/mol. The van der Waals surface area contributed by atoms with Gasteiger partial charge in [0.25, 0.3) is 5.79 Å². The average Bonchev–Trinajstić information content (AvgIpc) is 2.34. The molecule has 0 unspecified atom stereocenters. The highest BCUT2D eigenvalue weighted by Gasteiger charge is 2.43. The van der Waals surface area contributed by atoms with Crippen molar-refractivity contribution >= 4 is 17.6 Å².